The number of nitrogens with one attached hydrogen (secondary N) is 1. The smallest absolute Gasteiger partial charge is 0.220 e. The van der Waals surface area contributed by atoms with Gasteiger partial charge in [0.2, 0.25) is 5.91 Å². The highest BCUT2D eigenvalue weighted by Crippen LogP contribution is 2.23. The molecule has 1 aromatic heterocycles. The molecule has 21 heavy (non-hydrogen) atoms. The fourth-order valence-electron chi connectivity index (χ4n) is 2.32. The third-order valence-electron chi connectivity index (χ3n) is 3.53. The number of rotatable bonds is 5. The third kappa shape index (κ3) is 3.94. The Hall–Kier alpha value is -1.62. The van der Waals surface area contributed by atoms with E-state index in [1.54, 1.807) is 0 Å². The van der Waals surface area contributed by atoms with Gasteiger partial charge in [-0.1, -0.05) is 39.3 Å². The van der Waals surface area contributed by atoms with Crippen LogP contribution in [0.3, 0.4) is 0 Å². The van der Waals surface area contributed by atoms with E-state index >= 15 is 0 Å². The minimum atomic E-state index is -0.0299. The van der Waals surface area contributed by atoms with E-state index in [1.165, 1.54) is 0 Å². The van der Waals surface area contributed by atoms with Crippen LogP contribution >= 0.6 is 15.9 Å². The lowest BCUT2D eigenvalue weighted by molar-refractivity contribution is -0.121. The van der Waals surface area contributed by atoms with Gasteiger partial charge in [0.1, 0.15) is 5.76 Å². The fourth-order valence-corrected chi connectivity index (χ4v) is 2.94. The molecular formula is C16H19BrN2O2. The van der Waals surface area contributed by atoms with Crippen LogP contribution in [0, 0.1) is 13.8 Å². The van der Waals surface area contributed by atoms with Crippen molar-refractivity contribution in [2.24, 2.45) is 0 Å². The number of carbonyl (C=O) groups excluding carboxylic acids is 1. The molecule has 2 rings (SSSR count). The lowest BCUT2D eigenvalue weighted by atomic mass is 10.1. The topological polar surface area (TPSA) is 55.1 Å². The van der Waals surface area contributed by atoms with Gasteiger partial charge in [-0.15, -0.1) is 0 Å². The van der Waals surface area contributed by atoms with Gasteiger partial charge in [0.15, 0.2) is 0 Å². The van der Waals surface area contributed by atoms with Crippen LogP contribution in [0.4, 0.5) is 0 Å². The first-order valence-electron chi connectivity index (χ1n) is 6.94. The van der Waals surface area contributed by atoms with E-state index in [0.29, 0.717) is 12.8 Å². The minimum Gasteiger partial charge on any atom is -0.361 e. The lowest BCUT2D eigenvalue weighted by Gasteiger charge is -2.15. The van der Waals surface area contributed by atoms with Crippen molar-refractivity contribution < 1.29 is 9.32 Å². The van der Waals surface area contributed by atoms with Crippen molar-refractivity contribution in [2.75, 3.05) is 0 Å². The summed E-state index contributed by atoms with van der Waals surface area (Å²) in [6, 6.07) is 7.87. The second-order valence-corrected chi connectivity index (χ2v) is 5.97. The molecule has 0 bridgehead atoms. The number of hydrogen-bond acceptors (Lipinski definition) is 3. The Morgan fingerprint density at radius 1 is 1.38 bits per heavy atom. The zero-order valence-corrected chi connectivity index (χ0v) is 14.0. The molecule has 1 heterocycles. The molecule has 1 amide bonds. The van der Waals surface area contributed by atoms with Crippen LogP contribution in [0.15, 0.2) is 33.3 Å². The van der Waals surface area contributed by atoms with Crippen LogP contribution in [0.5, 0.6) is 0 Å². The van der Waals surface area contributed by atoms with Crippen LogP contribution in [0.2, 0.25) is 0 Å². The van der Waals surface area contributed by atoms with Crippen molar-refractivity contribution in [1.82, 2.24) is 10.5 Å². The summed E-state index contributed by atoms with van der Waals surface area (Å²) in [5.41, 5.74) is 2.96. The standard InChI is InChI=1S/C16H19BrN2O2/c1-10(14-6-4-5-7-15(14)17)18-16(20)9-8-13-11(2)19-21-12(13)3/h4-7,10H,8-9H2,1-3H3,(H,18,20). The number of benzene rings is 1. The summed E-state index contributed by atoms with van der Waals surface area (Å²) >= 11 is 3.50. The molecule has 0 aliphatic heterocycles. The van der Waals surface area contributed by atoms with Crippen molar-refractivity contribution in [1.29, 1.82) is 0 Å². The van der Waals surface area contributed by atoms with Crippen LogP contribution in [0.1, 0.15) is 42.0 Å². The predicted octanol–water partition coefficient (Wildman–Crippen LogP) is 3.86. The number of aryl methyl sites for hydroxylation is 2. The maximum Gasteiger partial charge on any atom is 0.220 e. The minimum absolute atomic E-state index is 0.0262. The Morgan fingerprint density at radius 3 is 2.71 bits per heavy atom. The zero-order valence-electron chi connectivity index (χ0n) is 12.4. The van der Waals surface area contributed by atoms with E-state index in [9.17, 15) is 4.79 Å². The molecule has 5 heteroatoms. The highest BCUT2D eigenvalue weighted by Gasteiger charge is 2.14. The monoisotopic (exact) mass is 350 g/mol. The molecule has 1 atom stereocenters. The number of hydrogen-bond donors (Lipinski definition) is 1. The van der Waals surface area contributed by atoms with Gasteiger partial charge in [0.05, 0.1) is 11.7 Å². The van der Waals surface area contributed by atoms with Gasteiger partial charge in [0, 0.05) is 16.5 Å². The quantitative estimate of drug-likeness (QED) is 0.890. The number of carbonyl (C=O) groups is 1. The largest absolute Gasteiger partial charge is 0.361 e. The molecule has 0 spiro atoms. The highest BCUT2D eigenvalue weighted by atomic mass is 79.9. The van der Waals surface area contributed by atoms with Gasteiger partial charge >= 0.3 is 0 Å². The SMILES string of the molecule is Cc1noc(C)c1CCC(=O)NC(C)c1ccccc1Br. The van der Waals surface area contributed by atoms with E-state index in [4.69, 9.17) is 4.52 Å². The summed E-state index contributed by atoms with van der Waals surface area (Å²) in [4.78, 5) is 12.1. The first-order valence-corrected chi connectivity index (χ1v) is 7.74. The summed E-state index contributed by atoms with van der Waals surface area (Å²) in [6.45, 7) is 5.75. The Morgan fingerprint density at radius 2 is 2.10 bits per heavy atom. The third-order valence-corrected chi connectivity index (χ3v) is 4.25. The number of nitrogens with zero attached hydrogens (tertiary/aromatic N) is 1. The molecule has 0 saturated carbocycles. The van der Waals surface area contributed by atoms with Crippen molar-refractivity contribution in [2.45, 2.75) is 39.7 Å². The molecule has 1 N–H and O–H groups in total. The average Bonchev–Trinajstić information content (AvgIpc) is 2.76. The van der Waals surface area contributed by atoms with Crippen LogP contribution in [0.25, 0.3) is 0 Å². The van der Waals surface area contributed by atoms with Crippen molar-refractivity contribution in [3.8, 4) is 0 Å². The summed E-state index contributed by atoms with van der Waals surface area (Å²) in [7, 11) is 0. The lowest BCUT2D eigenvalue weighted by Crippen LogP contribution is -2.27. The van der Waals surface area contributed by atoms with Crippen LogP contribution < -0.4 is 5.32 Å². The Kier molecular flexibility index (Phi) is 5.17. The van der Waals surface area contributed by atoms with E-state index in [-0.39, 0.29) is 11.9 Å². The normalized spacial score (nSPS) is 12.2. The average molecular weight is 351 g/mol. The summed E-state index contributed by atoms with van der Waals surface area (Å²) in [5, 5.41) is 6.92. The first-order chi connectivity index (χ1) is 9.99. The second kappa shape index (κ2) is 6.89. The van der Waals surface area contributed by atoms with E-state index < -0.39 is 0 Å². The summed E-state index contributed by atoms with van der Waals surface area (Å²) in [5.74, 6) is 0.817. The Balaban J connectivity index is 1.92. The fraction of sp³-hybridized carbons (Fsp3) is 0.375. The van der Waals surface area contributed by atoms with Crippen molar-refractivity contribution in [3.05, 3.63) is 51.3 Å². The van der Waals surface area contributed by atoms with E-state index in [1.807, 2.05) is 45.0 Å². The molecule has 2 aromatic rings. The molecule has 112 valence electrons. The van der Waals surface area contributed by atoms with Crippen molar-refractivity contribution >= 4 is 21.8 Å². The maximum absolute atomic E-state index is 12.1. The van der Waals surface area contributed by atoms with E-state index in [0.717, 1.165) is 27.1 Å². The van der Waals surface area contributed by atoms with Gasteiger partial charge in [0.25, 0.3) is 0 Å². The molecule has 0 saturated heterocycles. The Bertz CT molecular complexity index is 617. The molecule has 4 nitrogen and oxygen atoms in total. The first kappa shape index (κ1) is 15.8. The van der Waals surface area contributed by atoms with Crippen LogP contribution in [-0.4, -0.2) is 11.1 Å². The number of halogens is 1. The summed E-state index contributed by atoms with van der Waals surface area (Å²) < 4.78 is 6.11. The van der Waals surface area contributed by atoms with Crippen molar-refractivity contribution in [3.63, 3.8) is 0 Å². The number of amides is 1. The molecule has 1 aromatic carbocycles. The van der Waals surface area contributed by atoms with Gasteiger partial charge in [-0.05, 0) is 38.8 Å². The number of aromatic nitrogens is 1. The molecule has 1 unspecified atom stereocenters. The van der Waals surface area contributed by atoms with Gasteiger partial charge < -0.3 is 9.84 Å². The van der Waals surface area contributed by atoms with Gasteiger partial charge in [-0.25, -0.2) is 0 Å². The van der Waals surface area contributed by atoms with Gasteiger partial charge in [-0.3, -0.25) is 4.79 Å². The molecule has 0 fully saturated rings. The van der Waals surface area contributed by atoms with Gasteiger partial charge in [-0.2, -0.15) is 0 Å². The zero-order chi connectivity index (χ0) is 15.4. The molecule has 0 aliphatic rings. The van der Waals surface area contributed by atoms with E-state index in [2.05, 4.69) is 26.4 Å². The van der Waals surface area contributed by atoms with Crippen LogP contribution in [-0.2, 0) is 11.2 Å². The maximum atomic E-state index is 12.1. The second-order valence-electron chi connectivity index (χ2n) is 5.11. The molecule has 0 radical (unpaired) electrons. The highest BCUT2D eigenvalue weighted by molar-refractivity contribution is 9.10. The summed E-state index contributed by atoms with van der Waals surface area (Å²) in [6.07, 6.45) is 1.08. The predicted molar refractivity (Wildman–Crippen MR) is 85.0 cm³/mol. The molecule has 0 aliphatic carbocycles. The molecular weight excluding hydrogens is 332 g/mol. The Labute approximate surface area is 133 Å².